The molecule has 2 amide bonds. The fourth-order valence-electron chi connectivity index (χ4n) is 2.59. The number of anilines is 1. The van der Waals surface area contributed by atoms with Crippen molar-refractivity contribution < 1.29 is 35.9 Å². The van der Waals surface area contributed by atoms with E-state index in [1.54, 1.807) is 26.8 Å². The van der Waals surface area contributed by atoms with Gasteiger partial charge in [0, 0.05) is 25.0 Å². The third kappa shape index (κ3) is 8.89. The highest BCUT2D eigenvalue weighted by atomic mass is 32.2. The molecule has 0 fully saturated rings. The van der Waals surface area contributed by atoms with E-state index in [1.165, 1.54) is 18.2 Å². The average Bonchev–Trinajstić information content (AvgIpc) is 2.69. The lowest BCUT2D eigenvalue weighted by Crippen LogP contribution is -2.38. The molecule has 186 valence electrons. The molecule has 1 aromatic carbocycles. The van der Waals surface area contributed by atoms with E-state index in [-0.39, 0.29) is 31.1 Å². The van der Waals surface area contributed by atoms with Crippen molar-refractivity contribution >= 4 is 27.7 Å². The summed E-state index contributed by atoms with van der Waals surface area (Å²) in [5.41, 5.74) is -1.11. The van der Waals surface area contributed by atoms with Crippen LogP contribution in [0.15, 0.2) is 47.6 Å². The van der Waals surface area contributed by atoms with E-state index >= 15 is 0 Å². The first kappa shape index (κ1) is 26.9. The van der Waals surface area contributed by atoms with Gasteiger partial charge in [-0.05, 0) is 50.6 Å². The Kier molecular flexibility index (Phi) is 8.48. The second-order valence-electron chi connectivity index (χ2n) is 8.14. The molecule has 0 aliphatic rings. The number of aromatic nitrogens is 1. The molecule has 0 unspecified atom stereocenters. The molecule has 2 aromatic rings. The number of alkyl carbamates (subject to hydrolysis) is 1. The summed E-state index contributed by atoms with van der Waals surface area (Å²) in [4.78, 5) is 27.1. The number of nitrogens with one attached hydrogen (secondary N) is 3. The van der Waals surface area contributed by atoms with Gasteiger partial charge in [0.1, 0.15) is 5.60 Å². The number of alkyl halides is 3. The number of hydrogen-bond donors (Lipinski definition) is 3. The van der Waals surface area contributed by atoms with Crippen molar-refractivity contribution in [1.82, 2.24) is 15.6 Å². The maximum Gasteiger partial charge on any atom is 0.417 e. The lowest BCUT2D eigenvalue weighted by molar-refractivity contribution is -0.137. The second kappa shape index (κ2) is 10.7. The van der Waals surface area contributed by atoms with Gasteiger partial charge in [-0.25, -0.2) is 9.78 Å². The standard InChI is InChI=1S/C21H25F3N4O5S/c1-20(2,3)33-19(30)26-10-9-25-17(29)12-14-5-4-6-16(11-14)28-34(31,32)18-8-7-15(13-27-18)21(22,23)24/h4-8,11,13,28H,9-10,12H2,1-3H3,(H,25,29)(H,26,30). The molecule has 3 N–H and O–H groups in total. The van der Waals surface area contributed by atoms with Crippen LogP contribution in [0.3, 0.4) is 0 Å². The lowest BCUT2D eigenvalue weighted by Gasteiger charge is -2.19. The number of sulfonamides is 1. The normalized spacial score (nSPS) is 12.1. The van der Waals surface area contributed by atoms with Crippen LogP contribution in [0, 0.1) is 0 Å². The highest BCUT2D eigenvalue weighted by Crippen LogP contribution is 2.29. The zero-order valence-corrected chi connectivity index (χ0v) is 19.5. The molecule has 0 saturated carbocycles. The SMILES string of the molecule is CC(C)(C)OC(=O)NCCNC(=O)Cc1cccc(NS(=O)(=O)c2ccc(C(F)(F)F)cn2)c1. The Labute approximate surface area is 195 Å². The van der Waals surface area contributed by atoms with E-state index in [0.717, 1.165) is 6.07 Å². The number of carbonyl (C=O) groups is 2. The average molecular weight is 503 g/mol. The summed E-state index contributed by atoms with van der Waals surface area (Å²) in [6.45, 7) is 5.48. The summed E-state index contributed by atoms with van der Waals surface area (Å²) in [5, 5.41) is 4.53. The first-order valence-corrected chi connectivity index (χ1v) is 11.5. The highest BCUT2D eigenvalue weighted by molar-refractivity contribution is 7.92. The van der Waals surface area contributed by atoms with Gasteiger partial charge in [-0.1, -0.05) is 12.1 Å². The van der Waals surface area contributed by atoms with Gasteiger partial charge in [0.15, 0.2) is 5.03 Å². The number of halogens is 3. The highest BCUT2D eigenvalue weighted by Gasteiger charge is 2.31. The van der Waals surface area contributed by atoms with Gasteiger partial charge in [-0.15, -0.1) is 0 Å². The van der Waals surface area contributed by atoms with Crippen molar-refractivity contribution in [2.75, 3.05) is 17.8 Å². The number of pyridine rings is 1. The van der Waals surface area contributed by atoms with Crippen LogP contribution in [-0.4, -0.2) is 44.1 Å². The molecular weight excluding hydrogens is 477 g/mol. The van der Waals surface area contributed by atoms with Crippen LogP contribution in [0.1, 0.15) is 31.9 Å². The van der Waals surface area contributed by atoms with Crippen LogP contribution in [0.5, 0.6) is 0 Å². The number of ether oxygens (including phenoxy) is 1. The van der Waals surface area contributed by atoms with Crippen LogP contribution in [-0.2, 0) is 32.2 Å². The first-order valence-electron chi connectivity index (χ1n) is 10.0. The maximum atomic E-state index is 12.6. The molecule has 0 atom stereocenters. The molecule has 1 heterocycles. The van der Waals surface area contributed by atoms with E-state index in [0.29, 0.717) is 17.8 Å². The largest absolute Gasteiger partial charge is 0.444 e. The van der Waals surface area contributed by atoms with Crippen LogP contribution >= 0.6 is 0 Å². The number of nitrogens with zero attached hydrogens (tertiary/aromatic N) is 1. The minimum absolute atomic E-state index is 0.0689. The summed E-state index contributed by atoms with van der Waals surface area (Å²) >= 11 is 0. The molecule has 1 aromatic heterocycles. The number of rotatable bonds is 8. The third-order valence-electron chi connectivity index (χ3n) is 4.00. The molecule has 0 saturated heterocycles. The molecular formula is C21H25F3N4O5S. The van der Waals surface area contributed by atoms with Crippen molar-refractivity contribution in [2.24, 2.45) is 0 Å². The van der Waals surface area contributed by atoms with Gasteiger partial charge in [0.2, 0.25) is 5.91 Å². The summed E-state index contributed by atoms with van der Waals surface area (Å²) < 4.78 is 70.1. The zero-order valence-electron chi connectivity index (χ0n) is 18.7. The number of amides is 2. The van der Waals surface area contributed by atoms with E-state index < -0.39 is 38.5 Å². The lowest BCUT2D eigenvalue weighted by atomic mass is 10.1. The number of hydrogen-bond acceptors (Lipinski definition) is 6. The summed E-state index contributed by atoms with van der Waals surface area (Å²) in [7, 11) is -4.24. The van der Waals surface area contributed by atoms with Crippen LogP contribution < -0.4 is 15.4 Å². The van der Waals surface area contributed by atoms with Gasteiger partial charge in [-0.3, -0.25) is 9.52 Å². The van der Waals surface area contributed by atoms with Crippen molar-refractivity contribution in [1.29, 1.82) is 0 Å². The smallest absolute Gasteiger partial charge is 0.417 e. The summed E-state index contributed by atoms with van der Waals surface area (Å²) in [5.74, 6) is -0.365. The van der Waals surface area contributed by atoms with Gasteiger partial charge in [0.25, 0.3) is 10.0 Å². The molecule has 0 spiro atoms. The van der Waals surface area contributed by atoms with Crippen LogP contribution in [0.2, 0.25) is 0 Å². The fourth-order valence-corrected chi connectivity index (χ4v) is 3.57. The van der Waals surface area contributed by atoms with Gasteiger partial charge in [0.05, 0.1) is 12.0 Å². The zero-order chi connectivity index (χ0) is 25.6. The summed E-state index contributed by atoms with van der Waals surface area (Å²) in [6, 6.07) is 7.35. The topological polar surface area (TPSA) is 126 Å². The predicted molar refractivity (Wildman–Crippen MR) is 117 cm³/mol. The maximum absolute atomic E-state index is 12.6. The Morgan fingerprint density at radius 2 is 1.71 bits per heavy atom. The Morgan fingerprint density at radius 1 is 1.03 bits per heavy atom. The molecule has 34 heavy (non-hydrogen) atoms. The monoisotopic (exact) mass is 502 g/mol. The summed E-state index contributed by atoms with van der Waals surface area (Å²) in [6.07, 6.45) is -4.87. The second-order valence-corrected chi connectivity index (χ2v) is 9.77. The minimum Gasteiger partial charge on any atom is -0.444 e. The Hall–Kier alpha value is -3.35. The van der Waals surface area contributed by atoms with Crippen LogP contribution in [0.25, 0.3) is 0 Å². The molecule has 0 aliphatic carbocycles. The van der Waals surface area contributed by atoms with Crippen molar-refractivity contribution in [3.8, 4) is 0 Å². The van der Waals surface area contributed by atoms with Crippen LogP contribution in [0.4, 0.5) is 23.7 Å². The number of carbonyl (C=O) groups excluding carboxylic acids is 2. The molecule has 2 rings (SSSR count). The third-order valence-corrected chi connectivity index (χ3v) is 5.29. The fraction of sp³-hybridized carbons (Fsp3) is 0.381. The quantitative estimate of drug-likeness (QED) is 0.476. The van der Waals surface area contributed by atoms with Gasteiger partial charge >= 0.3 is 12.3 Å². The van der Waals surface area contributed by atoms with Crippen molar-refractivity contribution in [3.05, 3.63) is 53.7 Å². The molecule has 0 radical (unpaired) electrons. The van der Waals surface area contributed by atoms with E-state index in [9.17, 15) is 31.2 Å². The molecule has 0 bridgehead atoms. The van der Waals surface area contributed by atoms with E-state index in [2.05, 4.69) is 20.3 Å². The Morgan fingerprint density at radius 3 is 2.29 bits per heavy atom. The minimum atomic E-state index is -4.64. The Bertz CT molecular complexity index is 1110. The van der Waals surface area contributed by atoms with E-state index in [4.69, 9.17) is 4.74 Å². The predicted octanol–water partition coefficient (Wildman–Crippen LogP) is 3.08. The van der Waals surface area contributed by atoms with Gasteiger partial charge < -0.3 is 15.4 Å². The van der Waals surface area contributed by atoms with Crippen molar-refractivity contribution in [2.45, 2.75) is 44.0 Å². The number of benzene rings is 1. The van der Waals surface area contributed by atoms with Crippen molar-refractivity contribution in [3.63, 3.8) is 0 Å². The molecule has 13 heteroatoms. The van der Waals surface area contributed by atoms with E-state index in [1.807, 2.05) is 0 Å². The Balaban J connectivity index is 1.90. The molecule has 9 nitrogen and oxygen atoms in total. The first-order chi connectivity index (χ1) is 15.7. The van der Waals surface area contributed by atoms with Gasteiger partial charge in [-0.2, -0.15) is 21.6 Å². The molecule has 0 aliphatic heterocycles.